The van der Waals surface area contributed by atoms with Gasteiger partial charge in [-0.25, -0.2) is 4.98 Å². The molecule has 0 unspecified atom stereocenters. The van der Waals surface area contributed by atoms with Gasteiger partial charge in [-0.2, -0.15) is 0 Å². The Balaban J connectivity index is 2.00. The van der Waals surface area contributed by atoms with E-state index in [1.807, 2.05) is 43.3 Å². The number of hydrogen-bond donors (Lipinski definition) is 1. The number of H-pyrrole nitrogens is 1. The van der Waals surface area contributed by atoms with Crippen LogP contribution < -0.4 is 5.56 Å². The van der Waals surface area contributed by atoms with Crippen molar-refractivity contribution in [1.82, 2.24) is 9.97 Å². The molecule has 0 saturated carbocycles. The molecule has 4 rings (SSSR count). The Morgan fingerprint density at radius 2 is 1.89 bits per heavy atom. The molecule has 1 N–H and O–H groups in total. The molecule has 0 amide bonds. The van der Waals surface area contributed by atoms with Gasteiger partial charge in [0.1, 0.15) is 10.7 Å². The number of benzene rings is 2. The first-order chi connectivity index (χ1) is 13.0. The molecule has 2 aromatic heterocycles. The molecule has 0 fully saturated rings. The molecule has 0 radical (unpaired) electrons. The van der Waals surface area contributed by atoms with E-state index in [9.17, 15) is 4.79 Å². The van der Waals surface area contributed by atoms with Crippen LogP contribution in [0.25, 0.3) is 32.7 Å². The van der Waals surface area contributed by atoms with Gasteiger partial charge in [-0.15, -0.1) is 11.3 Å². The number of hydrogen-bond acceptors (Lipinski definition) is 3. The minimum atomic E-state index is -0.159. The molecule has 4 aromatic rings. The second-order valence-electron chi connectivity index (χ2n) is 6.29. The highest BCUT2D eigenvalue weighted by Gasteiger charge is 2.19. The van der Waals surface area contributed by atoms with Crippen molar-refractivity contribution < 1.29 is 0 Å². The van der Waals surface area contributed by atoms with Crippen LogP contribution in [0.2, 0.25) is 10.0 Å². The molecular formula is C21H16Cl2N2OS. The van der Waals surface area contributed by atoms with Crippen molar-refractivity contribution in [3.8, 4) is 22.5 Å². The maximum atomic E-state index is 13.0. The van der Waals surface area contributed by atoms with Gasteiger partial charge < -0.3 is 4.98 Å². The zero-order valence-electron chi connectivity index (χ0n) is 14.8. The number of nitrogens with zero attached hydrogens (tertiary/aromatic N) is 1. The van der Waals surface area contributed by atoms with Gasteiger partial charge in [-0.1, -0.05) is 48.3 Å². The summed E-state index contributed by atoms with van der Waals surface area (Å²) < 4.78 is 0. The molecule has 0 bridgehead atoms. The molecule has 6 heteroatoms. The fraction of sp³-hybridized carbons (Fsp3) is 0.143. The van der Waals surface area contributed by atoms with Crippen LogP contribution in [0.4, 0.5) is 0 Å². The van der Waals surface area contributed by atoms with Crippen LogP contribution in [-0.4, -0.2) is 9.97 Å². The molecule has 27 heavy (non-hydrogen) atoms. The highest BCUT2D eigenvalue weighted by molar-refractivity contribution is 7.19. The van der Waals surface area contributed by atoms with E-state index in [0.29, 0.717) is 31.6 Å². The topological polar surface area (TPSA) is 45.8 Å². The predicted molar refractivity (Wildman–Crippen MR) is 115 cm³/mol. The van der Waals surface area contributed by atoms with Gasteiger partial charge in [-0.05, 0) is 48.7 Å². The van der Waals surface area contributed by atoms with Crippen molar-refractivity contribution in [2.24, 2.45) is 0 Å². The Labute approximate surface area is 170 Å². The van der Waals surface area contributed by atoms with Crippen LogP contribution in [-0.2, 0) is 6.42 Å². The van der Waals surface area contributed by atoms with Gasteiger partial charge in [-0.3, -0.25) is 4.79 Å². The average Bonchev–Trinajstić information content (AvgIpc) is 3.03. The number of aromatic amines is 1. The fourth-order valence-corrected chi connectivity index (χ4v) is 4.67. The van der Waals surface area contributed by atoms with Gasteiger partial charge in [0.25, 0.3) is 5.56 Å². The quantitative estimate of drug-likeness (QED) is 0.415. The van der Waals surface area contributed by atoms with Gasteiger partial charge in [0.05, 0.1) is 10.4 Å². The lowest BCUT2D eigenvalue weighted by molar-refractivity contribution is 1.18. The third-order valence-electron chi connectivity index (χ3n) is 4.53. The number of aryl methyl sites for hydroxylation is 2. The summed E-state index contributed by atoms with van der Waals surface area (Å²) in [5.41, 5.74) is 3.46. The van der Waals surface area contributed by atoms with Crippen molar-refractivity contribution in [3.63, 3.8) is 0 Å². The van der Waals surface area contributed by atoms with Crippen molar-refractivity contribution >= 4 is 44.8 Å². The second kappa shape index (κ2) is 7.12. The first-order valence-electron chi connectivity index (χ1n) is 8.56. The van der Waals surface area contributed by atoms with Crippen LogP contribution >= 0.6 is 34.5 Å². The van der Waals surface area contributed by atoms with E-state index >= 15 is 0 Å². The highest BCUT2D eigenvalue weighted by Crippen LogP contribution is 2.38. The lowest BCUT2D eigenvalue weighted by atomic mass is 10.0. The molecule has 2 heterocycles. The molecule has 0 aliphatic heterocycles. The average molecular weight is 415 g/mol. The molecule has 3 nitrogen and oxygen atoms in total. The fourth-order valence-electron chi connectivity index (χ4n) is 3.19. The van der Waals surface area contributed by atoms with Gasteiger partial charge in [0.15, 0.2) is 0 Å². The minimum Gasteiger partial charge on any atom is -0.306 e. The molecule has 0 aliphatic rings. The van der Waals surface area contributed by atoms with E-state index in [4.69, 9.17) is 28.2 Å². The standard InChI is InChI=1S/C21H16Cl2N2OS/c1-3-16-17(12-8-9-14(22)11(2)10-12)18-20(26)24-19(25-21(18)27-16)13-6-4-5-7-15(13)23/h4-10H,3H2,1-2H3,(H,24,25,26). The number of rotatable bonds is 3. The summed E-state index contributed by atoms with van der Waals surface area (Å²) in [7, 11) is 0. The lowest BCUT2D eigenvalue weighted by Crippen LogP contribution is -2.09. The molecule has 0 saturated heterocycles. The van der Waals surface area contributed by atoms with E-state index in [-0.39, 0.29) is 5.56 Å². The van der Waals surface area contributed by atoms with Crippen molar-refractivity contribution in [3.05, 3.63) is 73.3 Å². The Morgan fingerprint density at radius 3 is 2.59 bits per heavy atom. The van der Waals surface area contributed by atoms with E-state index < -0.39 is 0 Å². The first kappa shape index (κ1) is 18.2. The van der Waals surface area contributed by atoms with Crippen LogP contribution in [0.15, 0.2) is 47.3 Å². The van der Waals surface area contributed by atoms with Crippen LogP contribution in [0.3, 0.4) is 0 Å². The summed E-state index contributed by atoms with van der Waals surface area (Å²) in [5, 5.41) is 1.89. The summed E-state index contributed by atoms with van der Waals surface area (Å²) in [5.74, 6) is 0.487. The zero-order valence-corrected chi connectivity index (χ0v) is 17.1. The lowest BCUT2D eigenvalue weighted by Gasteiger charge is -2.07. The highest BCUT2D eigenvalue weighted by atomic mass is 35.5. The maximum Gasteiger partial charge on any atom is 0.260 e. The van der Waals surface area contributed by atoms with Crippen molar-refractivity contribution in [2.45, 2.75) is 20.3 Å². The summed E-state index contributed by atoms with van der Waals surface area (Å²) in [6.07, 6.45) is 0.818. The van der Waals surface area contributed by atoms with Gasteiger partial charge in [0, 0.05) is 21.0 Å². The van der Waals surface area contributed by atoms with E-state index in [0.717, 1.165) is 28.0 Å². The van der Waals surface area contributed by atoms with E-state index in [1.54, 1.807) is 17.4 Å². The molecule has 0 atom stereocenters. The Hall–Kier alpha value is -2.14. The molecular weight excluding hydrogens is 399 g/mol. The second-order valence-corrected chi connectivity index (χ2v) is 8.19. The molecule has 136 valence electrons. The zero-order chi connectivity index (χ0) is 19.1. The van der Waals surface area contributed by atoms with Crippen molar-refractivity contribution in [1.29, 1.82) is 0 Å². The summed E-state index contributed by atoms with van der Waals surface area (Å²) >= 11 is 14.0. The Bertz CT molecular complexity index is 1230. The maximum absolute atomic E-state index is 13.0. The number of nitrogens with one attached hydrogen (secondary N) is 1. The largest absolute Gasteiger partial charge is 0.306 e. The van der Waals surface area contributed by atoms with Crippen LogP contribution in [0, 0.1) is 6.92 Å². The van der Waals surface area contributed by atoms with Gasteiger partial charge in [0.2, 0.25) is 0 Å². The summed E-state index contributed by atoms with van der Waals surface area (Å²) in [6.45, 7) is 4.05. The summed E-state index contributed by atoms with van der Waals surface area (Å²) in [6, 6.07) is 13.2. The first-order valence-corrected chi connectivity index (χ1v) is 10.1. The Kier molecular flexibility index (Phi) is 4.81. The third kappa shape index (κ3) is 3.18. The molecule has 0 aliphatic carbocycles. The van der Waals surface area contributed by atoms with Crippen molar-refractivity contribution in [2.75, 3.05) is 0 Å². The Morgan fingerprint density at radius 1 is 1.11 bits per heavy atom. The number of fused-ring (bicyclic) bond motifs is 1. The minimum absolute atomic E-state index is 0.159. The van der Waals surface area contributed by atoms with Gasteiger partial charge >= 0.3 is 0 Å². The summed E-state index contributed by atoms with van der Waals surface area (Å²) in [4.78, 5) is 22.5. The number of aromatic nitrogens is 2. The van der Waals surface area contributed by atoms with E-state index in [2.05, 4.69) is 11.9 Å². The predicted octanol–water partition coefficient (Wildman–Crippen LogP) is 6.50. The number of halogens is 2. The number of thiophene rings is 1. The third-order valence-corrected chi connectivity index (χ3v) is 6.51. The van der Waals surface area contributed by atoms with Crippen LogP contribution in [0.1, 0.15) is 17.4 Å². The van der Waals surface area contributed by atoms with E-state index in [1.165, 1.54) is 0 Å². The van der Waals surface area contributed by atoms with Crippen LogP contribution in [0.5, 0.6) is 0 Å². The smallest absolute Gasteiger partial charge is 0.260 e. The normalized spacial score (nSPS) is 11.3. The molecule has 2 aromatic carbocycles. The monoisotopic (exact) mass is 414 g/mol. The SMILES string of the molecule is CCc1sc2nc(-c3ccccc3Cl)[nH]c(=O)c2c1-c1ccc(Cl)c(C)c1. The molecule has 0 spiro atoms.